The molecule has 0 radical (unpaired) electrons. The van der Waals surface area contributed by atoms with Crippen LogP contribution in [0.1, 0.15) is 19.3 Å². The van der Waals surface area contributed by atoms with Crippen molar-refractivity contribution in [1.82, 2.24) is 14.7 Å². The molecule has 2 rings (SSSR count). The van der Waals surface area contributed by atoms with Gasteiger partial charge in [-0.15, -0.1) is 6.58 Å². The van der Waals surface area contributed by atoms with E-state index in [2.05, 4.69) is 18.5 Å². The summed E-state index contributed by atoms with van der Waals surface area (Å²) in [5, 5.41) is 0. The van der Waals surface area contributed by atoms with Gasteiger partial charge in [0.15, 0.2) is 0 Å². The summed E-state index contributed by atoms with van der Waals surface area (Å²) in [5.74, 6) is 0.221. The number of hydrogen-bond donors (Lipinski definition) is 0. The van der Waals surface area contributed by atoms with Crippen molar-refractivity contribution in [3.8, 4) is 0 Å². The van der Waals surface area contributed by atoms with Crippen LogP contribution in [-0.2, 0) is 14.3 Å². The first-order valence-corrected chi connectivity index (χ1v) is 7.89. The van der Waals surface area contributed by atoms with Gasteiger partial charge in [0.25, 0.3) is 0 Å². The molecule has 0 unspecified atom stereocenters. The molecule has 1 spiro atoms. The first-order valence-electron chi connectivity index (χ1n) is 7.89. The van der Waals surface area contributed by atoms with Crippen molar-refractivity contribution < 1.29 is 14.3 Å². The largest absolute Gasteiger partial charge is 0.375 e. The van der Waals surface area contributed by atoms with Gasteiger partial charge in [0.2, 0.25) is 11.8 Å². The summed E-state index contributed by atoms with van der Waals surface area (Å²) in [5.41, 5.74) is -0.104. The second-order valence-electron chi connectivity index (χ2n) is 6.27. The molecular formula is C16H27N3O3. The van der Waals surface area contributed by atoms with Gasteiger partial charge in [0.1, 0.15) is 6.61 Å². The topological polar surface area (TPSA) is 53.1 Å². The van der Waals surface area contributed by atoms with Gasteiger partial charge in [-0.05, 0) is 19.9 Å². The first kappa shape index (κ1) is 17.0. The molecule has 6 heteroatoms. The number of likely N-dealkylation sites (tertiary alicyclic amines) is 1. The zero-order valence-electron chi connectivity index (χ0n) is 13.7. The Morgan fingerprint density at radius 2 is 2.14 bits per heavy atom. The van der Waals surface area contributed by atoms with Crippen molar-refractivity contribution in [3.63, 3.8) is 0 Å². The molecule has 0 aromatic rings. The molecule has 0 aliphatic carbocycles. The van der Waals surface area contributed by atoms with Crippen molar-refractivity contribution in [3.05, 3.63) is 12.7 Å². The van der Waals surface area contributed by atoms with E-state index in [4.69, 9.17) is 4.74 Å². The van der Waals surface area contributed by atoms with Crippen LogP contribution < -0.4 is 0 Å². The van der Waals surface area contributed by atoms with E-state index in [9.17, 15) is 9.59 Å². The van der Waals surface area contributed by atoms with Crippen molar-refractivity contribution in [2.24, 2.45) is 0 Å². The van der Waals surface area contributed by atoms with Crippen molar-refractivity contribution in [1.29, 1.82) is 0 Å². The molecule has 1 atom stereocenters. The first-order chi connectivity index (χ1) is 10.5. The second kappa shape index (κ2) is 7.24. The van der Waals surface area contributed by atoms with Crippen LogP contribution in [-0.4, -0.2) is 85.5 Å². The lowest BCUT2D eigenvalue weighted by molar-refractivity contribution is -0.140. The fraction of sp³-hybridized carbons (Fsp3) is 0.750. The minimum absolute atomic E-state index is 0.0356. The average Bonchev–Trinajstić information content (AvgIpc) is 2.65. The lowest BCUT2D eigenvalue weighted by Gasteiger charge is -2.49. The van der Waals surface area contributed by atoms with Gasteiger partial charge in [-0.3, -0.25) is 14.5 Å². The van der Waals surface area contributed by atoms with Gasteiger partial charge in [0, 0.05) is 51.8 Å². The Labute approximate surface area is 132 Å². The van der Waals surface area contributed by atoms with E-state index in [-0.39, 0.29) is 24.0 Å². The van der Waals surface area contributed by atoms with Crippen LogP contribution in [0.3, 0.4) is 0 Å². The number of nitrogens with zero attached hydrogens (tertiary/aromatic N) is 3. The highest BCUT2D eigenvalue weighted by Gasteiger charge is 2.43. The number of carbonyl (C=O) groups is 2. The summed E-state index contributed by atoms with van der Waals surface area (Å²) in [7, 11) is 3.65. The van der Waals surface area contributed by atoms with Crippen LogP contribution in [0, 0.1) is 0 Å². The van der Waals surface area contributed by atoms with Crippen LogP contribution in [0.2, 0.25) is 0 Å². The summed E-state index contributed by atoms with van der Waals surface area (Å²) in [4.78, 5) is 30.4. The van der Waals surface area contributed by atoms with Crippen LogP contribution in [0.25, 0.3) is 0 Å². The van der Waals surface area contributed by atoms with Crippen LogP contribution >= 0.6 is 0 Å². The third kappa shape index (κ3) is 3.50. The fourth-order valence-corrected chi connectivity index (χ4v) is 3.47. The maximum Gasteiger partial charge on any atom is 0.248 e. The predicted octanol–water partition coefficient (Wildman–Crippen LogP) is 0.344. The molecule has 0 bridgehead atoms. The Balaban J connectivity index is 2.10. The quantitative estimate of drug-likeness (QED) is 0.703. The predicted molar refractivity (Wildman–Crippen MR) is 84.4 cm³/mol. The molecule has 2 aliphatic heterocycles. The molecule has 0 N–H and O–H groups in total. The van der Waals surface area contributed by atoms with E-state index >= 15 is 0 Å². The Morgan fingerprint density at radius 3 is 2.82 bits per heavy atom. The highest BCUT2D eigenvalue weighted by atomic mass is 16.5. The molecule has 124 valence electrons. The van der Waals surface area contributed by atoms with Crippen LogP contribution in [0.15, 0.2) is 12.7 Å². The normalized spacial score (nSPS) is 27.1. The monoisotopic (exact) mass is 309 g/mol. The molecule has 0 aromatic carbocycles. The number of likely N-dealkylation sites (N-methyl/N-ethyl adjacent to an activating group) is 1. The van der Waals surface area contributed by atoms with Gasteiger partial charge in [-0.2, -0.15) is 0 Å². The highest BCUT2D eigenvalue weighted by Crippen LogP contribution is 2.32. The number of carbonyl (C=O) groups excluding carboxylic acids is 2. The van der Waals surface area contributed by atoms with E-state index in [0.717, 1.165) is 32.5 Å². The molecule has 2 amide bonds. The number of ether oxygens (including phenoxy) is 1. The second-order valence-corrected chi connectivity index (χ2v) is 6.27. The molecule has 0 aromatic heterocycles. The summed E-state index contributed by atoms with van der Waals surface area (Å²) < 4.78 is 4.97. The van der Waals surface area contributed by atoms with E-state index in [0.29, 0.717) is 19.5 Å². The zero-order chi connectivity index (χ0) is 16.2. The average molecular weight is 309 g/mol. The summed E-state index contributed by atoms with van der Waals surface area (Å²) in [6.07, 6.45) is 3.99. The lowest BCUT2D eigenvalue weighted by Crippen LogP contribution is -2.62. The molecule has 2 aliphatic rings. The number of piperazine rings is 1. The Morgan fingerprint density at radius 1 is 1.36 bits per heavy atom. The maximum atomic E-state index is 12.2. The molecule has 2 heterocycles. The zero-order valence-corrected chi connectivity index (χ0v) is 13.7. The van der Waals surface area contributed by atoms with E-state index in [1.807, 2.05) is 9.80 Å². The lowest BCUT2D eigenvalue weighted by atomic mass is 9.86. The van der Waals surface area contributed by atoms with Crippen molar-refractivity contribution in [2.75, 3.05) is 53.5 Å². The minimum Gasteiger partial charge on any atom is -0.375 e. The number of methoxy groups -OCH3 is 1. The Bertz CT molecular complexity index is 440. The summed E-state index contributed by atoms with van der Waals surface area (Å²) in [6.45, 7) is 7.42. The van der Waals surface area contributed by atoms with E-state index in [1.165, 1.54) is 0 Å². The van der Waals surface area contributed by atoms with Crippen molar-refractivity contribution >= 4 is 11.8 Å². The van der Waals surface area contributed by atoms with Crippen molar-refractivity contribution in [2.45, 2.75) is 24.8 Å². The van der Waals surface area contributed by atoms with E-state index < -0.39 is 0 Å². The highest BCUT2D eigenvalue weighted by molar-refractivity contribution is 5.78. The molecule has 2 fully saturated rings. The SMILES string of the molecule is C=CCN1CC[C@]2(CCC1=O)CN(C(=O)COC)CCN2C. The molecule has 0 saturated carbocycles. The Hall–Kier alpha value is -1.40. The van der Waals surface area contributed by atoms with Gasteiger partial charge in [-0.1, -0.05) is 6.08 Å². The third-order valence-electron chi connectivity index (χ3n) is 4.97. The van der Waals surface area contributed by atoms with Gasteiger partial charge >= 0.3 is 0 Å². The maximum absolute atomic E-state index is 12.2. The van der Waals surface area contributed by atoms with Crippen LogP contribution in [0.5, 0.6) is 0 Å². The Kier molecular flexibility index (Phi) is 5.58. The smallest absolute Gasteiger partial charge is 0.248 e. The standard InChI is InChI=1S/C16H27N3O3/c1-4-8-18-9-7-16(6-5-14(18)20)13-19(11-10-17(16)2)15(21)12-22-3/h4H,1,5-13H2,2-3H3/t16-/m1/s1. The van der Waals surface area contributed by atoms with Gasteiger partial charge < -0.3 is 14.5 Å². The molecule has 2 saturated heterocycles. The third-order valence-corrected chi connectivity index (χ3v) is 4.97. The van der Waals surface area contributed by atoms with Crippen LogP contribution in [0.4, 0.5) is 0 Å². The van der Waals surface area contributed by atoms with E-state index in [1.54, 1.807) is 13.2 Å². The number of hydrogen-bond acceptors (Lipinski definition) is 4. The summed E-state index contributed by atoms with van der Waals surface area (Å²) in [6, 6.07) is 0. The van der Waals surface area contributed by atoms with Gasteiger partial charge in [0.05, 0.1) is 0 Å². The molecular weight excluding hydrogens is 282 g/mol. The number of amides is 2. The molecule has 22 heavy (non-hydrogen) atoms. The fourth-order valence-electron chi connectivity index (χ4n) is 3.47. The minimum atomic E-state index is -0.104. The summed E-state index contributed by atoms with van der Waals surface area (Å²) >= 11 is 0. The number of rotatable bonds is 4. The van der Waals surface area contributed by atoms with Gasteiger partial charge in [-0.25, -0.2) is 0 Å². The molecule has 6 nitrogen and oxygen atoms in total.